The summed E-state index contributed by atoms with van der Waals surface area (Å²) in [4.78, 5) is 16.2. The molecule has 15 heavy (non-hydrogen) atoms. The minimum Gasteiger partial charge on any atom is -0.340 e. The van der Waals surface area contributed by atoms with E-state index in [0.717, 1.165) is 26.1 Å². The molecular formula is C11H23N3O. The van der Waals surface area contributed by atoms with Crippen molar-refractivity contribution >= 4 is 5.91 Å². The van der Waals surface area contributed by atoms with E-state index >= 15 is 0 Å². The number of rotatable bonds is 4. The fourth-order valence-corrected chi connectivity index (χ4v) is 2.07. The largest absolute Gasteiger partial charge is 0.340 e. The van der Waals surface area contributed by atoms with E-state index in [9.17, 15) is 4.79 Å². The zero-order valence-electron chi connectivity index (χ0n) is 10.1. The van der Waals surface area contributed by atoms with Gasteiger partial charge in [-0.05, 0) is 25.9 Å². The highest BCUT2D eigenvalue weighted by molar-refractivity contribution is 5.82. The Morgan fingerprint density at radius 1 is 1.47 bits per heavy atom. The molecule has 0 aromatic heterocycles. The summed E-state index contributed by atoms with van der Waals surface area (Å²) in [5, 5.41) is 0. The molecule has 1 saturated heterocycles. The molecule has 0 saturated carbocycles. The van der Waals surface area contributed by atoms with Crippen molar-refractivity contribution in [3.05, 3.63) is 0 Å². The summed E-state index contributed by atoms with van der Waals surface area (Å²) in [5.74, 6) is 0.791. The normalized spacial score (nSPS) is 23.9. The summed E-state index contributed by atoms with van der Waals surface area (Å²) in [6, 6.07) is 0.00231. The minimum atomic E-state index is 0.00231. The van der Waals surface area contributed by atoms with Gasteiger partial charge in [-0.2, -0.15) is 0 Å². The summed E-state index contributed by atoms with van der Waals surface area (Å²) in [6.45, 7) is 7.55. The second-order valence-corrected chi connectivity index (χ2v) is 4.75. The van der Waals surface area contributed by atoms with E-state index in [-0.39, 0.29) is 11.9 Å². The molecule has 0 aromatic rings. The van der Waals surface area contributed by atoms with E-state index in [4.69, 9.17) is 5.73 Å². The average molecular weight is 213 g/mol. The summed E-state index contributed by atoms with van der Waals surface area (Å²) in [7, 11) is 2.00. The van der Waals surface area contributed by atoms with Gasteiger partial charge in [-0.15, -0.1) is 0 Å². The number of carbonyl (C=O) groups excluding carboxylic acids is 1. The van der Waals surface area contributed by atoms with Crippen LogP contribution in [0.15, 0.2) is 0 Å². The van der Waals surface area contributed by atoms with Crippen LogP contribution in [-0.2, 0) is 4.79 Å². The van der Waals surface area contributed by atoms with Gasteiger partial charge in [0, 0.05) is 19.6 Å². The Bertz CT molecular complexity index is 218. The first-order valence-electron chi connectivity index (χ1n) is 5.75. The van der Waals surface area contributed by atoms with Gasteiger partial charge in [0.05, 0.1) is 6.04 Å². The molecule has 1 rings (SSSR count). The predicted octanol–water partition coefficient (Wildman–Crippen LogP) is 0.134. The number of hydrogen-bond donors (Lipinski definition) is 1. The van der Waals surface area contributed by atoms with Crippen molar-refractivity contribution in [3.63, 3.8) is 0 Å². The number of amides is 1. The maximum Gasteiger partial charge on any atom is 0.240 e. The molecular weight excluding hydrogens is 190 g/mol. The number of nitrogens with zero attached hydrogens (tertiary/aromatic N) is 2. The lowest BCUT2D eigenvalue weighted by molar-refractivity contribution is -0.141. The summed E-state index contributed by atoms with van der Waals surface area (Å²) < 4.78 is 0. The summed E-state index contributed by atoms with van der Waals surface area (Å²) in [6.07, 6.45) is 0.768. The molecule has 1 atom stereocenters. The van der Waals surface area contributed by atoms with Crippen LogP contribution in [0.5, 0.6) is 0 Å². The topological polar surface area (TPSA) is 49.6 Å². The molecule has 2 N–H and O–H groups in total. The Morgan fingerprint density at radius 3 is 2.67 bits per heavy atom. The van der Waals surface area contributed by atoms with E-state index < -0.39 is 0 Å². The number of piperazine rings is 1. The fraction of sp³-hybridized carbons (Fsp3) is 0.909. The second kappa shape index (κ2) is 5.47. The molecule has 1 heterocycles. The molecule has 4 heteroatoms. The van der Waals surface area contributed by atoms with Crippen LogP contribution in [-0.4, -0.2) is 55.0 Å². The highest BCUT2D eigenvalue weighted by atomic mass is 16.2. The highest BCUT2D eigenvalue weighted by Crippen LogP contribution is 2.13. The van der Waals surface area contributed by atoms with Crippen LogP contribution in [0.25, 0.3) is 0 Å². The summed E-state index contributed by atoms with van der Waals surface area (Å²) >= 11 is 0. The lowest BCUT2D eigenvalue weighted by Crippen LogP contribution is -2.56. The molecule has 0 aromatic carbocycles. The molecule has 0 bridgehead atoms. The molecule has 0 radical (unpaired) electrons. The Labute approximate surface area is 92.4 Å². The lowest BCUT2D eigenvalue weighted by atomic mass is 10.1. The van der Waals surface area contributed by atoms with Crippen molar-refractivity contribution < 1.29 is 4.79 Å². The predicted molar refractivity (Wildman–Crippen MR) is 61.5 cm³/mol. The van der Waals surface area contributed by atoms with Gasteiger partial charge in [0.2, 0.25) is 5.91 Å². The monoisotopic (exact) mass is 213 g/mol. The van der Waals surface area contributed by atoms with Crippen molar-refractivity contribution in [2.24, 2.45) is 11.7 Å². The van der Waals surface area contributed by atoms with E-state index in [1.807, 2.05) is 11.9 Å². The zero-order valence-corrected chi connectivity index (χ0v) is 10.1. The third-order valence-corrected chi connectivity index (χ3v) is 2.88. The van der Waals surface area contributed by atoms with E-state index in [2.05, 4.69) is 18.7 Å². The van der Waals surface area contributed by atoms with Gasteiger partial charge in [-0.25, -0.2) is 0 Å². The van der Waals surface area contributed by atoms with E-state index in [0.29, 0.717) is 12.5 Å². The van der Waals surface area contributed by atoms with Gasteiger partial charge in [0.1, 0.15) is 0 Å². The van der Waals surface area contributed by atoms with Crippen molar-refractivity contribution in [2.75, 3.05) is 33.2 Å². The van der Waals surface area contributed by atoms with Crippen molar-refractivity contribution in [2.45, 2.75) is 26.3 Å². The molecule has 1 aliphatic heterocycles. The number of carbonyl (C=O) groups is 1. The maximum absolute atomic E-state index is 12.1. The van der Waals surface area contributed by atoms with E-state index in [1.165, 1.54) is 0 Å². The third kappa shape index (κ3) is 3.18. The van der Waals surface area contributed by atoms with Gasteiger partial charge in [0.15, 0.2) is 0 Å². The standard InChI is InChI=1S/C11H23N3O/c1-9(2)8-14-7-6-13(3)10(4-5-12)11(14)15/h9-10H,4-8,12H2,1-3H3. The molecule has 0 aliphatic carbocycles. The van der Waals surface area contributed by atoms with Crippen LogP contribution in [0.1, 0.15) is 20.3 Å². The maximum atomic E-state index is 12.1. The van der Waals surface area contributed by atoms with Gasteiger partial charge in [-0.1, -0.05) is 13.8 Å². The lowest BCUT2D eigenvalue weighted by Gasteiger charge is -2.39. The molecule has 1 fully saturated rings. The molecule has 1 amide bonds. The Balaban J connectivity index is 2.59. The van der Waals surface area contributed by atoms with Crippen LogP contribution in [0.3, 0.4) is 0 Å². The van der Waals surface area contributed by atoms with Gasteiger partial charge >= 0.3 is 0 Å². The Morgan fingerprint density at radius 2 is 2.13 bits per heavy atom. The zero-order chi connectivity index (χ0) is 11.4. The van der Waals surface area contributed by atoms with Crippen LogP contribution in [0.2, 0.25) is 0 Å². The molecule has 1 unspecified atom stereocenters. The number of likely N-dealkylation sites (N-methyl/N-ethyl adjacent to an activating group) is 1. The van der Waals surface area contributed by atoms with Crippen LogP contribution < -0.4 is 5.73 Å². The molecule has 0 spiro atoms. The van der Waals surface area contributed by atoms with Crippen molar-refractivity contribution in [1.29, 1.82) is 0 Å². The van der Waals surface area contributed by atoms with Crippen LogP contribution in [0, 0.1) is 5.92 Å². The SMILES string of the molecule is CC(C)CN1CCN(C)C(CCN)C1=O. The van der Waals surface area contributed by atoms with Gasteiger partial charge in [0.25, 0.3) is 0 Å². The minimum absolute atomic E-state index is 0.00231. The molecule has 4 nitrogen and oxygen atoms in total. The van der Waals surface area contributed by atoms with Crippen molar-refractivity contribution in [1.82, 2.24) is 9.80 Å². The smallest absolute Gasteiger partial charge is 0.240 e. The third-order valence-electron chi connectivity index (χ3n) is 2.88. The number of hydrogen-bond acceptors (Lipinski definition) is 3. The number of nitrogens with two attached hydrogens (primary N) is 1. The first-order valence-corrected chi connectivity index (χ1v) is 5.75. The van der Waals surface area contributed by atoms with Crippen molar-refractivity contribution in [3.8, 4) is 0 Å². The highest BCUT2D eigenvalue weighted by Gasteiger charge is 2.31. The van der Waals surface area contributed by atoms with Gasteiger partial charge < -0.3 is 10.6 Å². The van der Waals surface area contributed by atoms with E-state index in [1.54, 1.807) is 0 Å². The summed E-state index contributed by atoms with van der Waals surface area (Å²) in [5.41, 5.74) is 5.53. The van der Waals surface area contributed by atoms with Crippen LogP contribution >= 0.6 is 0 Å². The van der Waals surface area contributed by atoms with Crippen LogP contribution in [0.4, 0.5) is 0 Å². The quantitative estimate of drug-likeness (QED) is 0.722. The first kappa shape index (κ1) is 12.5. The average Bonchev–Trinajstić information content (AvgIpc) is 2.16. The molecule has 88 valence electrons. The van der Waals surface area contributed by atoms with Gasteiger partial charge in [-0.3, -0.25) is 9.69 Å². The fourth-order valence-electron chi connectivity index (χ4n) is 2.07. The first-order chi connectivity index (χ1) is 7.06. The Hall–Kier alpha value is -0.610. The Kier molecular flexibility index (Phi) is 4.54. The molecule has 1 aliphatic rings. The second-order valence-electron chi connectivity index (χ2n) is 4.75.